The summed E-state index contributed by atoms with van der Waals surface area (Å²) in [4.78, 5) is 4.39. The van der Waals surface area contributed by atoms with Crippen molar-refractivity contribution in [2.45, 2.75) is 58.1 Å². The third kappa shape index (κ3) is 5.03. The van der Waals surface area contributed by atoms with Gasteiger partial charge in [0, 0.05) is 24.0 Å². The Kier molecular flexibility index (Phi) is 6.63. The van der Waals surface area contributed by atoms with Crippen molar-refractivity contribution in [3.63, 3.8) is 0 Å². The average Bonchev–Trinajstić information content (AvgIpc) is 2.76. The van der Waals surface area contributed by atoms with Crippen molar-refractivity contribution < 1.29 is 13.2 Å². The summed E-state index contributed by atoms with van der Waals surface area (Å²) in [6, 6.07) is 21.3. The number of rotatable bonds is 6. The van der Waals surface area contributed by atoms with E-state index < -0.39 is 15.3 Å². The molecule has 0 radical (unpaired) electrons. The van der Waals surface area contributed by atoms with Crippen LogP contribution in [0.5, 0.6) is 5.75 Å². The molecule has 1 fully saturated rings. The molecule has 1 saturated heterocycles. The zero-order valence-electron chi connectivity index (χ0n) is 18.9. The van der Waals surface area contributed by atoms with Crippen LogP contribution >= 0.6 is 0 Å². The van der Waals surface area contributed by atoms with Crippen LogP contribution in [-0.4, -0.2) is 23.7 Å². The van der Waals surface area contributed by atoms with E-state index in [-0.39, 0.29) is 6.04 Å². The SMILES string of the molecule is Cc1cc(COc2ccc(CN3[C@@H](C)CCC(c4ccccc4)S3(=O)=O)cc2)cc(C)n1. The van der Waals surface area contributed by atoms with E-state index in [1.54, 1.807) is 4.31 Å². The Balaban J connectivity index is 1.45. The summed E-state index contributed by atoms with van der Waals surface area (Å²) in [5.41, 5.74) is 4.86. The number of hydrogen-bond donors (Lipinski definition) is 0. The van der Waals surface area contributed by atoms with Crippen LogP contribution in [0, 0.1) is 13.8 Å². The van der Waals surface area contributed by atoms with Crippen LogP contribution in [-0.2, 0) is 23.2 Å². The van der Waals surface area contributed by atoms with Gasteiger partial charge in [0.2, 0.25) is 10.0 Å². The number of hydrogen-bond acceptors (Lipinski definition) is 4. The minimum Gasteiger partial charge on any atom is -0.489 e. The lowest BCUT2D eigenvalue weighted by Crippen LogP contribution is -2.44. The van der Waals surface area contributed by atoms with Gasteiger partial charge in [-0.05, 0) is 74.6 Å². The third-order valence-corrected chi connectivity index (χ3v) is 8.37. The van der Waals surface area contributed by atoms with Gasteiger partial charge in [0.05, 0.1) is 0 Å². The molecule has 168 valence electrons. The summed E-state index contributed by atoms with van der Waals surface area (Å²) in [7, 11) is -3.43. The Hall–Kier alpha value is -2.70. The van der Waals surface area contributed by atoms with Gasteiger partial charge < -0.3 is 4.74 Å². The van der Waals surface area contributed by atoms with Gasteiger partial charge in [-0.3, -0.25) is 4.98 Å². The Morgan fingerprint density at radius 2 is 1.59 bits per heavy atom. The quantitative estimate of drug-likeness (QED) is 0.509. The van der Waals surface area contributed by atoms with Crippen LogP contribution in [0.15, 0.2) is 66.7 Å². The van der Waals surface area contributed by atoms with Crippen molar-refractivity contribution in [3.8, 4) is 5.75 Å². The molecule has 3 aromatic rings. The first-order valence-electron chi connectivity index (χ1n) is 11.0. The number of pyridine rings is 1. The Labute approximate surface area is 191 Å². The fraction of sp³-hybridized carbons (Fsp3) is 0.346. The van der Waals surface area contributed by atoms with E-state index in [4.69, 9.17) is 4.74 Å². The Bertz CT molecular complexity index is 1140. The molecule has 2 heterocycles. The summed E-state index contributed by atoms with van der Waals surface area (Å²) < 4.78 is 34.4. The molecule has 0 saturated carbocycles. The largest absolute Gasteiger partial charge is 0.489 e. The standard InChI is InChI=1S/C26H30N2O3S/c1-19-15-23(16-20(2)27-19)18-31-25-12-10-22(11-13-25)17-28-21(3)9-14-26(32(28,29)30)24-7-5-4-6-8-24/h4-8,10-13,15-16,21,26H,9,14,17-18H2,1-3H3/t21-,26?/m0/s1. The van der Waals surface area contributed by atoms with Crippen LogP contribution in [0.1, 0.15) is 53.1 Å². The first-order chi connectivity index (χ1) is 15.3. The van der Waals surface area contributed by atoms with Crippen LogP contribution in [0.3, 0.4) is 0 Å². The number of benzene rings is 2. The van der Waals surface area contributed by atoms with E-state index >= 15 is 0 Å². The summed E-state index contributed by atoms with van der Waals surface area (Å²) in [6.07, 6.45) is 1.51. The van der Waals surface area contributed by atoms with E-state index in [1.807, 2.05) is 87.5 Å². The summed E-state index contributed by atoms with van der Waals surface area (Å²) in [5, 5.41) is -0.477. The van der Waals surface area contributed by atoms with Gasteiger partial charge >= 0.3 is 0 Å². The second-order valence-electron chi connectivity index (χ2n) is 8.61. The zero-order chi connectivity index (χ0) is 22.7. The zero-order valence-corrected chi connectivity index (χ0v) is 19.7. The van der Waals surface area contributed by atoms with Gasteiger partial charge in [0.25, 0.3) is 0 Å². The number of aromatic nitrogens is 1. The lowest BCUT2D eigenvalue weighted by Gasteiger charge is -2.37. The Morgan fingerprint density at radius 1 is 0.938 bits per heavy atom. The maximum absolute atomic E-state index is 13.4. The van der Waals surface area contributed by atoms with Crippen molar-refractivity contribution in [1.82, 2.24) is 9.29 Å². The third-order valence-electron chi connectivity index (χ3n) is 6.00. The van der Waals surface area contributed by atoms with Crippen LogP contribution < -0.4 is 4.74 Å². The van der Waals surface area contributed by atoms with E-state index in [1.165, 1.54) is 0 Å². The Morgan fingerprint density at radius 3 is 2.25 bits per heavy atom. The lowest BCUT2D eigenvalue weighted by atomic mass is 10.0. The van der Waals surface area contributed by atoms with E-state index in [2.05, 4.69) is 4.98 Å². The van der Waals surface area contributed by atoms with Gasteiger partial charge in [-0.25, -0.2) is 8.42 Å². The molecular weight excluding hydrogens is 420 g/mol. The predicted octanol–water partition coefficient (Wildman–Crippen LogP) is 5.33. The highest BCUT2D eigenvalue weighted by Crippen LogP contribution is 2.38. The molecular formula is C26H30N2O3S. The maximum Gasteiger partial charge on any atom is 0.221 e. The van der Waals surface area contributed by atoms with Crippen molar-refractivity contribution in [2.75, 3.05) is 0 Å². The molecule has 0 N–H and O–H groups in total. The van der Waals surface area contributed by atoms with E-state index in [0.29, 0.717) is 19.6 Å². The molecule has 0 bridgehead atoms. The molecule has 1 aliphatic heterocycles. The molecule has 4 rings (SSSR count). The molecule has 1 aromatic heterocycles. The van der Waals surface area contributed by atoms with Crippen LogP contribution in [0.25, 0.3) is 0 Å². The first-order valence-corrected chi connectivity index (χ1v) is 12.5. The summed E-state index contributed by atoms with van der Waals surface area (Å²) in [6.45, 7) is 6.79. The van der Waals surface area contributed by atoms with Gasteiger partial charge in [0.1, 0.15) is 17.6 Å². The second kappa shape index (κ2) is 9.43. The highest BCUT2D eigenvalue weighted by atomic mass is 32.2. The minimum atomic E-state index is -3.43. The number of nitrogens with zero attached hydrogens (tertiary/aromatic N) is 2. The average molecular weight is 451 g/mol. The fourth-order valence-corrected chi connectivity index (χ4v) is 6.59. The monoisotopic (exact) mass is 450 g/mol. The minimum absolute atomic E-state index is 0.0194. The van der Waals surface area contributed by atoms with E-state index in [9.17, 15) is 8.42 Å². The van der Waals surface area contributed by atoms with Crippen LogP contribution in [0.4, 0.5) is 0 Å². The van der Waals surface area contributed by atoms with Crippen molar-refractivity contribution in [3.05, 3.63) is 94.8 Å². The van der Waals surface area contributed by atoms with Gasteiger partial charge in [0.15, 0.2) is 0 Å². The molecule has 1 aliphatic rings. The topological polar surface area (TPSA) is 59.5 Å². The molecule has 6 heteroatoms. The second-order valence-corrected chi connectivity index (χ2v) is 10.7. The highest BCUT2D eigenvalue weighted by Gasteiger charge is 2.40. The normalized spacial score (nSPS) is 20.7. The lowest BCUT2D eigenvalue weighted by molar-refractivity contribution is 0.281. The fourth-order valence-electron chi connectivity index (χ4n) is 4.39. The van der Waals surface area contributed by atoms with Gasteiger partial charge in [-0.2, -0.15) is 4.31 Å². The number of sulfonamides is 1. The first kappa shape index (κ1) is 22.5. The number of aryl methyl sites for hydroxylation is 2. The van der Waals surface area contributed by atoms with Crippen molar-refractivity contribution in [2.24, 2.45) is 0 Å². The molecule has 0 spiro atoms. The molecule has 2 aromatic carbocycles. The van der Waals surface area contributed by atoms with Gasteiger partial charge in [-0.1, -0.05) is 42.5 Å². The highest BCUT2D eigenvalue weighted by molar-refractivity contribution is 7.89. The van der Waals surface area contributed by atoms with Gasteiger partial charge in [-0.15, -0.1) is 0 Å². The molecule has 0 aliphatic carbocycles. The van der Waals surface area contributed by atoms with Crippen molar-refractivity contribution in [1.29, 1.82) is 0 Å². The predicted molar refractivity (Wildman–Crippen MR) is 127 cm³/mol. The number of ether oxygens (including phenoxy) is 1. The molecule has 5 nitrogen and oxygen atoms in total. The van der Waals surface area contributed by atoms with E-state index in [0.717, 1.165) is 40.2 Å². The van der Waals surface area contributed by atoms with Crippen LogP contribution in [0.2, 0.25) is 0 Å². The molecule has 1 unspecified atom stereocenters. The summed E-state index contributed by atoms with van der Waals surface area (Å²) in [5.74, 6) is 0.762. The molecule has 0 amide bonds. The van der Waals surface area contributed by atoms with Crippen molar-refractivity contribution >= 4 is 10.0 Å². The smallest absolute Gasteiger partial charge is 0.221 e. The summed E-state index contributed by atoms with van der Waals surface area (Å²) >= 11 is 0. The molecule has 32 heavy (non-hydrogen) atoms. The molecule has 2 atom stereocenters. The maximum atomic E-state index is 13.4.